The molecule has 148 valence electrons. The summed E-state index contributed by atoms with van der Waals surface area (Å²) in [5.41, 5.74) is 12.7. The minimum absolute atomic E-state index is 0.189. The molecule has 2 unspecified atom stereocenters. The van der Waals surface area contributed by atoms with E-state index in [1.54, 1.807) is 16.7 Å². The molecule has 1 heteroatoms. The molecule has 1 heterocycles. The normalized spacial score (nSPS) is 23.2. The highest BCUT2D eigenvalue weighted by molar-refractivity contribution is 6.55. The summed E-state index contributed by atoms with van der Waals surface area (Å²) in [4.78, 5) is 0. The van der Waals surface area contributed by atoms with Crippen LogP contribution in [-0.4, -0.2) is 9.52 Å². The first-order chi connectivity index (χ1) is 13.6. The lowest BCUT2D eigenvalue weighted by atomic mass is 9.82. The fourth-order valence-corrected chi connectivity index (χ4v) is 6.78. The van der Waals surface area contributed by atoms with Crippen LogP contribution in [-0.2, 0) is 10.8 Å². The first-order valence-electron chi connectivity index (χ1n) is 11.1. The Kier molecular flexibility index (Phi) is 4.16. The first-order valence-corrected chi connectivity index (χ1v) is 12.2. The molecule has 0 aromatic heterocycles. The van der Waals surface area contributed by atoms with Crippen molar-refractivity contribution in [2.75, 3.05) is 0 Å². The number of allylic oxidation sites excluding steroid dienone is 4. The second kappa shape index (κ2) is 6.32. The average Bonchev–Trinajstić information content (AvgIpc) is 3.11. The van der Waals surface area contributed by atoms with E-state index in [0.29, 0.717) is 5.92 Å². The maximum absolute atomic E-state index is 2.54. The van der Waals surface area contributed by atoms with Gasteiger partial charge in [0.05, 0.1) is 9.52 Å². The van der Waals surface area contributed by atoms with Crippen molar-refractivity contribution in [2.45, 2.75) is 75.8 Å². The van der Waals surface area contributed by atoms with Crippen molar-refractivity contribution >= 4 is 9.52 Å². The zero-order valence-electron chi connectivity index (χ0n) is 18.6. The summed E-state index contributed by atoms with van der Waals surface area (Å²) in [6.07, 6.45) is 8.12. The highest BCUT2D eigenvalue weighted by Crippen LogP contribution is 2.63. The van der Waals surface area contributed by atoms with E-state index < -0.39 is 0 Å². The maximum atomic E-state index is 2.54. The van der Waals surface area contributed by atoms with E-state index in [1.807, 2.05) is 0 Å². The SMILES string of the molecule is CC(C)(C)c1ccc2c(c1)C(C1[Si]C1C1=CC=CC1)c1cc(C(C)(C)C)ccc1-2. The van der Waals surface area contributed by atoms with Gasteiger partial charge in [0.25, 0.3) is 0 Å². The van der Waals surface area contributed by atoms with Gasteiger partial charge in [-0.15, -0.1) is 0 Å². The first kappa shape index (κ1) is 19.1. The molecule has 1 fully saturated rings. The van der Waals surface area contributed by atoms with Crippen LogP contribution >= 0.6 is 0 Å². The molecular formula is C28H32Si. The van der Waals surface area contributed by atoms with Crippen LogP contribution in [0.25, 0.3) is 11.1 Å². The Bertz CT molecular complexity index is 975. The number of rotatable bonds is 2. The summed E-state index contributed by atoms with van der Waals surface area (Å²) in [5.74, 6) is 0.564. The summed E-state index contributed by atoms with van der Waals surface area (Å²) < 4.78 is 0. The molecule has 2 atom stereocenters. The number of benzene rings is 2. The third-order valence-corrected chi connectivity index (χ3v) is 8.73. The lowest BCUT2D eigenvalue weighted by molar-refractivity contribution is 0.587. The predicted octanol–water partition coefficient (Wildman–Crippen LogP) is 7.58. The zero-order chi connectivity index (χ0) is 20.6. The molecule has 5 rings (SSSR count). The molecule has 0 saturated carbocycles. The molecule has 1 saturated heterocycles. The van der Waals surface area contributed by atoms with Crippen molar-refractivity contribution in [2.24, 2.45) is 0 Å². The minimum atomic E-state index is 0.189. The highest BCUT2D eigenvalue weighted by Gasteiger charge is 2.49. The summed E-state index contributed by atoms with van der Waals surface area (Å²) in [6.45, 7) is 14.0. The van der Waals surface area contributed by atoms with Crippen LogP contribution < -0.4 is 0 Å². The topological polar surface area (TPSA) is 0 Å². The zero-order valence-corrected chi connectivity index (χ0v) is 19.6. The Morgan fingerprint density at radius 1 is 0.793 bits per heavy atom. The third-order valence-electron chi connectivity index (χ3n) is 6.98. The number of fused-ring (bicyclic) bond motifs is 3. The van der Waals surface area contributed by atoms with Gasteiger partial charge in [-0.3, -0.25) is 0 Å². The van der Waals surface area contributed by atoms with E-state index in [-0.39, 0.29) is 10.8 Å². The Balaban J connectivity index is 1.63. The van der Waals surface area contributed by atoms with Crippen LogP contribution in [0.2, 0.25) is 11.1 Å². The third kappa shape index (κ3) is 3.19. The monoisotopic (exact) mass is 396 g/mol. The van der Waals surface area contributed by atoms with Crippen molar-refractivity contribution < 1.29 is 0 Å². The molecule has 0 amide bonds. The fourth-order valence-electron chi connectivity index (χ4n) is 5.09. The van der Waals surface area contributed by atoms with Gasteiger partial charge >= 0.3 is 0 Å². The molecule has 3 aliphatic rings. The van der Waals surface area contributed by atoms with E-state index in [9.17, 15) is 0 Å². The van der Waals surface area contributed by atoms with Gasteiger partial charge in [-0.05, 0) is 61.7 Å². The summed E-state index contributed by atoms with van der Waals surface area (Å²) in [6, 6.07) is 14.6. The van der Waals surface area contributed by atoms with E-state index in [4.69, 9.17) is 0 Å². The van der Waals surface area contributed by atoms with Crippen LogP contribution in [0.3, 0.4) is 0 Å². The predicted molar refractivity (Wildman–Crippen MR) is 126 cm³/mol. The molecular weight excluding hydrogens is 364 g/mol. The largest absolute Gasteiger partial charge is 0.0805 e. The maximum Gasteiger partial charge on any atom is 0.0517 e. The van der Waals surface area contributed by atoms with E-state index >= 15 is 0 Å². The Morgan fingerprint density at radius 2 is 1.34 bits per heavy atom. The Labute approximate surface area is 179 Å². The molecule has 2 aromatic carbocycles. The summed E-state index contributed by atoms with van der Waals surface area (Å²) in [7, 11) is 1.07. The van der Waals surface area contributed by atoms with Crippen molar-refractivity contribution in [3.05, 3.63) is 82.5 Å². The van der Waals surface area contributed by atoms with Gasteiger partial charge in [-0.2, -0.15) is 0 Å². The second-order valence-corrected chi connectivity index (χ2v) is 12.7. The highest BCUT2D eigenvalue weighted by atomic mass is 28.2. The Hall–Kier alpha value is -1.86. The van der Waals surface area contributed by atoms with Gasteiger partial charge < -0.3 is 0 Å². The summed E-state index contributed by atoms with van der Waals surface area (Å²) in [5, 5.41) is 0. The Morgan fingerprint density at radius 3 is 1.79 bits per heavy atom. The van der Waals surface area contributed by atoms with E-state index in [0.717, 1.165) is 20.6 Å². The minimum Gasteiger partial charge on any atom is -0.0805 e. The van der Waals surface area contributed by atoms with Gasteiger partial charge in [-0.1, -0.05) is 102 Å². The fraction of sp³-hybridized carbons (Fsp3) is 0.429. The van der Waals surface area contributed by atoms with Crippen molar-refractivity contribution in [3.63, 3.8) is 0 Å². The van der Waals surface area contributed by atoms with Gasteiger partial charge in [0, 0.05) is 5.92 Å². The van der Waals surface area contributed by atoms with Gasteiger partial charge in [0.2, 0.25) is 0 Å². The van der Waals surface area contributed by atoms with Crippen LogP contribution in [0.5, 0.6) is 0 Å². The molecule has 0 bridgehead atoms. The van der Waals surface area contributed by atoms with E-state index in [1.165, 1.54) is 28.7 Å². The molecule has 2 aromatic rings. The van der Waals surface area contributed by atoms with Crippen molar-refractivity contribution in [1.29, 1.82) is 0 Å². The lowest BCUT2D eigenvalue weighted by Crippen LogP contribution is -2.12. The molecule has 1 aliphatic heterocycles. The number of hydrogen-bond donors (Lipinski definition) is 0. The van der Waals surface area contributed by atoms with Crippen molar-refractivity contribution in [3.8, 4) is 11.1 Å². The van der Waals surface area contributed by atoms with Gasteiger partial charge in [-0.25, -0.2) is 0 Å². The standard InChI is InChI=1S/C28H32Si/c1-27(2,3)18-11-13-20-21-14-12-19(28(4,5)6)16-23(21)24(22(20)15-18)26-25(29-26)17-9-7-8-10-17/h7-9,11-16,24-26H,10H2,1-6H3. The molecule has 0 N–H and O–H groups in total. The molecule has 29 heavy (non-hydrogen) atoms. The number of hydrogen-bond acceptors (Lipinski definition) is 0. The second-order valence-electron chi connectivity index (χ2n) is 11.1. The molecule has 0 nitrogen and oxygen atoms in total. The van der Waals surface area contributed by atoms with Crippen LogP contribution in [0.15, 0.2) is 60.2 Å². The quantitative estimate of drug-likeness (QED) is 0.459. The van der Waals surface area contributed by atoms with E-state index in [2.05, 4.69) is 96.2 Å². The molecule has 0 spiro atoms. The summed E-state index contributed by atoms with van der Waals surface area (Å²) >= 11 is 0. The van der Waals surface area contributed by atoms with Crippen molar-refractivity contribution in [1.82, 2.24) is 0 Å². The molecule has 2 radical (unpaired) electrons. The van der Waals surface area contributed by atoms with Crippen LogP contribution in [0.4, 0.5) is 0 Å². The van der Waals surface area contributed by atoms with Gasteiger partial charge in [0.1, 0.15) is 0 Å². The smallest absolute Gasteiger partial charge is 0.0517 e. The van der Waals surface area contributed by atoms with Crippen LogP contribution in [0, 0.1) is 0 Å². The van der Waals surface area contributed by atoms with Crippen LogP contribution in [0.1, 0.15) is 76.1 Å². The average molecular weight is 397 g/mol. The van der Waals surface area contributed by atoms with Gasteiger partial charge in [0.15, 0.2) is 0 Å². The molecule has 2 aliphatic carbocycles. The lowest BCUT2D eigenvalue weighted by Gasteiger charge is -2.23.